The van der Waals surface area contributed by atoms with Crippen LogP contribution in [0, 0.1) is 0 Å². The van der Waals surface area contributed by atoms with Crippen molar-refractivity contribution in [3.63, 3.8) is 0 Å². The van der Waals surface area contributed by atoms with E-state index in [1.54, 1.807) is 6.07 Å². The summed E-state index contributed by atoms with van der Waals surface area (Å²) in [5.41, 5.74) is 2.46. The van der Waals surface area contributed by atoms with Crippen molar-refractivity contribution < 1.29 is 17.9 Å². The number of methoxy groups -OCH3 is 1. The fourth-order valence-electron chi connectivity index (χ4n) is 2.61. The van der Waals surface area contributed by atoms with Gasteiger partial charge in [0.25, 0.3) is 5.91 Å². The Morgan fingerprint density at radius 3 is 2.46 bits per heavy atom. The number of halogens is 1. The Morgan fingerprint density at radius 2 is 1.86 bits per heavy atom. The molecule has 6 nitrogen and oxygen atoms in total. The highest BCUT2D eigenvalue weighted by atomic mass is 79.9. The molecule has 8 heteroatoms. The van der Waals surface area contributed by atoms with E-state index in [9.17, 15) is 13.2 Å². The van der Waals surface area contributed by atoms with Crippen LogP contribution in [-0.4, -0.2) is 34.6 Å². The predicted octanol–water partition coefficient (Wildman–Crippen LogP) is 3.43. The highest BCUT2D eigenvalue weighted by molar-refractivity contribution is 9.10. The first-order chi connectivity index (χ1) is 13.3. The molecule has 28 heavy (non-hydrogen) atoms. The van der Waals surface area contributed by atoms with Gasteiger partial charge in [-0.25, -0.2) is 13.1 Å². The van der Waals surface area contributed by atoms with Gasteiger partial charge in [0, 0.05) is 18.1 Å². The Hall–Kier alpha value is -1.74. The summed E-state index contributed by atoms with van der Waals surface area (Å²) in [4.78, 5) is 12.8. The maximum Gasteiger partial charge on any atom is 0.252 e. The molecule has 2 aromatic rings. The molecule has 0 spiro atoms. The number of carbonyl (C=O) groups is 1. The van der Waals surface area contributed by atoms with Gasteiger partial charge in [0.05, 0.1) is 23.1 Å². The maximum atomic E-state index is 12.7. The van der Waals surface area contributed by atoms with Crippen LogP contribution in [0.3, 0.4) is 0 Å². The van der Waals surface area contributed by atoms with Crippen LogP contribution in [0.2, 0.25) is 0 Å². The molecule has 0 aliphatic rings. The largest absolute Gasteiger partial charge is 0.383 e. The van der Waals surface area contributed by atoms with Crippen LogP contribution in [0.5, 0.6) is 0 Å². The number of nitrogens with one attached hydrogen (secondary N) is 2. The van der Waals surface area contributed by atoms with Crippen LogP contribution in [0.1, 0.15) is 41.4 Å². The molecule has 2 rings (SSSR count). The van der Waals surface area contributed by atoms with E-state index < -0.39 is 10.0 Å². The van der Waals surface area contributed by atoms with Crippen molar-refractivity contribution in [2.75, 3.05) is 20.3 Å². The summed E-state index contributed by atoms with van der Waals surface area (Å²) in [6.45, 7) is 4.39. The number of amides is 1. The van der Waals surface area contributed by atoms with E-state index in [0.29, 0.717) is 4.47 Å². The maximum absolute atomic E-state index is 12.7. The zero-order chi connectivity index (χ0) is 20.7. The molecule has 0 bridgehead atoms. The third kappa shape index (κ3) is 5.88. The molecule has 2 aromatic carbocycles. The third-order valence-corrected chi connectivity index (χ3v) is 6.48. The summed E-state index contributed by atoms with van der Waals surface area (Å²) < 4.78 is 32.6. The molecule has 0 aliphatic heterocycles. The lowest BCUT2D eigenvalue weighted by atomic mass is 10.0. The first-order valence-electron chi connectivity index (χ1n) is 8.96. The number of benzene rings is 2. The van der Waals surface area contributed by atoms with Crippen LogP contribution < -0.4 is 10.0 Å². The zero-order valence-electron chi connectivity index (χ0n) is 16.2. The second-order valence-electron chi connectivity index (χ2n) is 6.32. The van der Waals surface area contributed by atoms with Gasteiger partial charge in [-0.3, -0.25) is 4.79 Å². The predicted molar refractivity (Wildman–Crippen MR) is 113 cm³/mol. The molecule has 0 fully saturated rings. The Kier molecular flexibility index (Phi) is 8.18. The van der Waals surface area contributed by atoms with Crippen molar-refractivity contribution in [3.05, 3.63) is 63.6 Å². The topological polar surface area (TPSA) is 84.5 Å². The number of carbonyl (C=O) groups excluding carboxylic acids is 1. The molecule has 1 amide bonds. The lowest BCUT2D eigenvalue weighted by Crippen LogP contribution is -2.29. The van der Waals surface area contributed by atoms with Crippen molar-refractivity contribution in [2.24, 2.45) is 0 Å². The summed E-state index contributed by atoms with van der Waals surface area (Å²) in [6, 6.07) is 12.2. The van der Waals surface area contributed by atoms with Crippen LogP contribution in [0.25, 0.3) is 0 Å². The smallest absolute Gasteiger partial charge is 0.252 e. The van der Waals surface area contributed by atoms with Crippen molar-refractivity contribution >= 4 is 31.9 Å². The lowest BCUT2D eigenvalue weighted by Gasteiger charge is -2.16. The Labute approximate surface area is 174 Å². The molecular weight excluding hydrogens is 444 g/mol. The average Bonchev–Trinajstić information content (AvgIpc) is 2.68. The molecule has 0 saturated heterocycles. The second kappa shape index (κ2) is 10.2. The first-order valence-corrected chi connectivity index (χ1v) is 11.2. The van der Waals surface area contributed by atoms with Crippen molar-refractivity contribution in [2.45, 2.75) is 31.2 Å². The number of sulfonamides is 1. The van der Waals surface area contributed by atoms with Gasteiger partial charge in [0.15, 0.2) is 0 Å². The van der Waals surface area contributed by atoms with E-state index in [1.165, 1.54) is 24.8 Å². The van der Waals surface area contributed by atoms with Gasteiger partial charge in [-0.1, -0.05) is 31.2 Å². The zero-order valence-corrected chi connectivity index (χ0v) is 18.6. The van der Waals surface area contributed by atoms with E-state index in [1.807, 2.05) is 31.2 Å². The van der Waals surface area contributed by atoms with Gasteiger partial charge in [0.2, 0.25) is 10.0 Å². The number of ether oxygens (including phenoxy) is 1. The van der Waals surface area contributed by atoms with E-state index >= 15 is 0 Å². The van der Waals surface area contributed by atoms with E-state index in [4.69, 9.17) is 4.74 Å². The molecule has 152 valence electrons. The highest BCUT2D eigenvalue weighted by Gasteiger charge is 2.19. The molecule has 0 aromatic heterocycles. The van der Waals surface area contributed by atoms with Gasteiger partial charge < -0.3 is 10.1 Å². The molecule has 2 N–H and O–H groups in total. The van der Waals surface area contributed by atoms with Crippen LogP contribution in [-0.2, 0) is 21.2 Å². The van der Waals surface area contributed by atoms with Crippen molar-refractivity contribution in [1.29, 1.82) is 0 Å². The normalized spacial score (nSPS) is 12.6. The summed E-state index contributed by atoms with van der Waals surface area (Å²) in [7, 11) is -2.23. The van der Waals surface area contributed by atoms with Gasteiger partial charge in [-0.2, -0.15) is 0 Å². The fourth-order valence-corrected chi connectivity index (χ4v) is 4.07. The highest BCUT2D eigenvalue weighted by Crippen LogP contribution is 2.22. The van der Waals surface area contributed by atoms with Crippen LogP contribution in [0.4, 0.5) is 0 Å². The van der Waals surface area contributed by atoms with Gasteiger partial charge in [-0.05, 0) is 58.6 Å². The monoisotopic (exact) mass is 468 g/mol. The van der Waals surface area contributed by atoms with Gasteiger partial charge in [0.1, 0.15) is 0 Å². The molecule has 0 saturated carbocycles. The quantitative estimate of drug-likeness (QED) is 0.552. The molecule has 0 aliphatic carbocycles. The summed E-state index contributed by atoms with van der Waals surface area (Å²) in [6.07, 6.45) is 0.952. The van der Waals surface area contributed by atoms with E-state index in [-0.39, 0.29) is 35.6 Å². The third-order valence-electron chi connectivity index (χ3n) is 4.33. The van der Waals surface area contributed by atoms with Gasteiger partial charge >= 0.3 is 0 Å². The van der Waals surface area contributed by atoms with Crippen molar-refractivity contribution in [1.82, 2.24) is 10.0 Å². The van der Waals surface area contributed by atoms with Crippen molar-refractivity contribution in [3.8, 4) is 0 Å². The Bertz CT molecular complexity index is 914. The molecule has 0 radical (unpaired) electrons. The summed E-state index contributed by atoms with van der Waals surface area (Å²) >= 11 is 3.33. The minimum absolute atomic E-state index is 0.0249. The van der Waals surface area contributed by atoms with Crippen LogP contribution >= 0.6 is 15.9 Å². The Morgan fingerprint density at radius 1 is 1.18 bits per heavy atom. The van der Waals surface area contributed by atoms with E-state index in [2.05, 4.69) is 32.9 Å². The summed E-state index contributed by atoms with van der Waals surface area (Å²) in [5.74, 6) is -0.354. The number of aryl methyl sites for hydroxylation is 1. The van der Waals surface area contributed by atoms with E-state index in [0.717, 1.165) is 12.0 Å². The number of rotatable bonds is 9. The van der Waals surface area contributed by atoms with Gasteiger partial charge in [-0.15, -0.1) is 0 Å². The number of hydrogen-bond acceptors (Lipinski definition) is 4. The molecular formula is C20H25BrN2O4S. The Balaban J connectivity index is 2.17. The summed E-state index contributed by atoms with van der Waals surface area (Å²) in [5, 5.41) is 2.92. The standard InChI is InChI=1S/C20H25BrN2O4S/c1-4-15-5-7-16(8-6-15)14(2)23-20(24)18-13-17(9-10-19(18)21)28(25,26)22-11-12-27-3/h5-10,13-14,22H,4,11-12H2,1-3H3,(H,23,24). The second-order valence-corrected chi connectivity index (χ2v) is 8.94. The first kappa shape index (κ1) is 22.5. The molecule has 0 heterocycles. The fraction of sp³-hybridized carbons (Fsp3) is 0.350. The minimum atomic E-state index is -3.72. The lowest BCUT2D eigenvalue weighted by molar-refractivity contribution is 0.0939. The number of hydrogen-bond donors (Lipinski definition) is 2. The molecule has 1 unspecified atom stereocenters. The SMILES string of the molecule is CCc1ccc(C(C)NC(=O)c2cc(S(=O)(=O)NCCOC)ccc2Br)cc1. The molecule has 1 atom stereocenters. The average molecular weight is 469 g/mol. The van der Waals surface area contributed by atoms with Crippen LogP contribution in [0.15, 0.2) is 51.8 Å². The minimum Gasteiger partial charge on any atom is -0.383 e.